The number of rotatable bonds is 3. The number of nitrogens with one attached hydrogen (secondary N) is 1. The Kier molecular flexibility index (Phi) is 3.15. The van der Waals surface area contributed by atoms with Crippen molar-refractivity contribution in [2.75, 3.05) is 5.73 Å². The number of carbonyl (C=O) groups is 2. The van der Waals surface area contributed by atoms with Gasteiger partial charge in [-0.3, -0.25) is 9.59 Å². The third kappa shape index (κ3) is 2.37. The van der Waals surface area contributed by atoms with E-state index in [9.17, 15) is 9.59 Å². The molecule has 2 amide bonds. The summed E-state index contributed by atoms with van der Waals surface area (Å²) in [7, 11) is 0. The van der Waals surface area contributed by atoms with Gasteiger partial charge < -0.3 is 16.8 Å². The molecule has 2 aromatic heterocycles. The standard InChI is InChI=1S/C12H14N4O2S/c1-12(2,11(14)18)16-9(17)8-7(13)6-4-3-5-15-10(6)19-8/h3-5H,13H2,1-2H3,(H2,14,18)(H,16,17). The second-order valence-corrected chi connectivity index (χ2v) is 5.64. The van der Waals surface area contributed by atoms with Gasteiger partial charge in [0.1, 0.15) is 15.2 Å². The number of aromatic nitrogens is 1. The molecule has 19 heavy (non-hydrogen) atoms. The van der Waals surface area contributed by atoms with Gasteiger partial charge in [0, 0.05) is 11.6 Å². The number of hydrogen-bond donors (Lipinski definition) is 3. The largest absolute Gasteiger partial charge is 0.397 e. The van der Waals surface area contributed by atoms with Crippen LogP contribution in [0.25, 0.3) is 10.2 Å². The topological polar surface area (TPSA) is 111 Å². The van der Waals surface area contributed by atoms with Crippen LogP contribution in [-0.2, 0) is 4.79 Å². The first-order valence-corrected chi connectivity index (χ1v) is 6.40. The fourth-order valence-electron chi connectivity index (χ4n) is 1.52. The molecule has 0 spiro atoms. The van der Waals surface area contributed by atoms with Crippen molar-refractivity contribution in [3.63, 3.8) is 0 Å². The van der Waals surface area contributed by atoms with Gasteiger partial charge in [-0.15, -0.1) is 11.3 Å². The Balaban J connectivity index is 2.37. The smallest absolute Gasteiger partial charge is 0.264 e. The van der Waals surface area contributed by atoms with Crippen molar-refractivity contribution in [3.05, 3.63) is 23.2 Å². The Morgan fingerprint density at radius 1 is 1.42 bits per heavy atom. The molecule has 0 fully saturated rings. The number of nitrogens with two attached hydrogens (primary N) is 2. The maximum Gasteiger partial charge on any atom is 0.264 e. The molecule has 0 bridgehead atoms. The number of carbonyl (C=O) groups excluding carboxylic acids is 2. The SMILES string of the molecule is CC(C)(NC(=O)c1sc2ncccc2c1N)C(N)=O. The third-order valence-electron chi connectivity index (χ3n) is 2.75. The van der Waals surface area contributed by atoms with E-state index < -0.39 is 17.4 Å². The van der Waals surface area contributed by atoms with Gasteiger partial charge in [0.05, 0.1) is 5.69 Å². The van der Waals surface area contributed by atoms with E-state index in [4.69, 9.17) is 11.5 Å². The van der Waals surface area contributed by atoms with Gasteiger partial charge >= 0.3 is 0 Å². The molecule has 0 unspecified atom stereocenters. The zero-order valence-corrected chi connectivity index (χ0v) is 11.4. The minimum Gasteiger partial charge on any atom is -0.397 e. The number of pyridine rings is 1. The lowest BCUT2D eigenvalue weighted by Crippen LogP contribution is -2.52. The Labute approximate surface area is 113 Å². The van der Waals surface area contributed by atoms with Crippen molar-refractivity contribution in [2.45, 2.75) is 19.4 Å². The van der Waals surface area contributed by atoms with Gasteiger partial charge in [0.15, 0.2) is 0 Å². The molecule has 5 N–H and O–H groups in total. The van der Waals surface area contributed by atoms with Crippen molar-refractivity contribution in [3.8, 4) is 0 Å². The predicted molar refractivity (Wildman–Crippen MR) is 74.8 cm³/mol. The highest BCUT2D eigenvalue weighted by molar-refractivity contribution is 7.21. The molecule has 2 rings (SSSR count). The highest BCUT2D eigenvalue weighted by atomic mass is 32.1. The first-order chi connectivity index (χ1) is 8.83. The average Bonchev–Trinajstić information content (AvgIpc) is 2.67. The van der Waals surface area contributed by atoms with Crippen LogP contribution in [0.15, 0.2) is 18.3 Å². The average molecular weight is 278 g/mol. The molecule has 7 heteroatoms. The summed E-state index contributed by atoms with van der Waals surface area (Å²) < 4.78 is 0. The Bertz CT molecular complexity index is 663. The summed E-state index contributed by atoms with van der Waals surface area (Å²) in [5, 5.41) is 3.29. The fourth-order valence-corrected chi connectivity index (χ4v) is 2.48. The molecular formula is C12H14N4O2S. The molecule has 2 aromatic rings. The van der Waals surface area contributed by atoms with E-state index in [0.29, 0.717) is 15.4 Å². The molecule has 0 saturated heterocycles. The molecule has 0 aliphatic rings. The van der Waals surface area contributed by atoms with E-state index in [1.165, 1.54) is 25.2 Å². The third-order valence-corrected chi connectivity index (χ3v) is 3.88. The maximum atomic E-state index is 12.1. The number of primary amides is 1. The first-order valence-electron chi connectivity index (χ1n) is 5.58. The molecule has 100 valence electrons. The van der Waals surface area contributed by atoms with Crippen molar-refractivity contribution < 1.29 is 9.59 Å². The van der Waals surface area contributed by atoms with E-state index in [1.54, 1.807) is 18.3 Å². The van der Waals surface area contributed by atoms with Crippen LogP contribution in [0.3, 0.4) is 0 Å². The van der Waals surface area contributed by atoms with Crippen LogP contribution in [0.1, 0.15) is 23.5 Å². The molecule has 0 aromatic carbocycles. The number of anilines is 1. The van der Waals surface area contributed by atoms with E-state index in [1.807, 2.05) is 0 Å². The minimum atomic E-state index is -1.13. The lowest BCUT2D eigenvalue weighted by Gasteiger charge is -2.21. The Morgan fingerprint density at radius 2 is 2.11 bits per heavy atom. The van der Waals surface area contributed by atoms with Crippen LogP contribution in [-0.4, -0.2) is 22.3 Å². The van der Waals surface area contributed by atoms with Gasteiger partial charge in [0.25, 0.3) is 5.91 Å². The van der Waals surface area contributed by atoms with Gasteiger partial charge in [0.2, 0.25) is 5.91 Å². The van der Waals surface area contributed by atoms with Crippen molar-refractivity contribution in [1.82, 2.24) is 10.3 Å². The number of nitrogens with zero attached hydrogens (tertiary/aromatic N) is 1. The van der Waals surface area contributed by atoms with Gasteiger partial charge in [-0.05, 0) is 26.0 Å². The summed E-state index contributed by atoms with van der Waals surface area (Å²) in [6, 6.07) is 3.55. The van der Waals surface area contributed by atoms with Gasteiger partial charge in [-0.2, -0.15) is 0 Å². The highest BCUT2D eigenvalue weighted by Gasteiger charge is 2.29. The van der Waals surface area contributed by atoms with Crippen molar-refractivity contribution in [2.24, 2.45) is 5.73 Å². The summed E-state index contributed by atoms with van der Waals surface area (Å²) in [4.78, 5) is 28.5. The fraction of sp³-hybridized carbons (Fsp3) is 0.250. The van der Waals surface area contributed by atoms with E-state index >= 15 is 0 Å². The number of nitrogen functional groups attached to an aromatic ring is 1. The van der Waals surface area contributed by atoms with E-state index in [0.717, 1.165) is 5.39 Å². The number of fused-ring (bicyclic) bond motifs is 1. The summed E-state index contributed by atoms with van der Waals surface area (Å²) >= 11 is 1.18. The second-order valence-electron chi connectivity index (χ2n) is 4.64. The molecule has 0 aliphatic carbocycles. The predicted octanol–water partition coefficient (Wildman–Crippen LogP) is 0.872. The Hall–Kier alpha value is -2.15. The van der Waals surface area contributed by atoms with Crippen LogP contribution < -0.4 is 16.8 Å². The van der Waals surface area contributed by atoms with Crippen LogP contribution in [0.5, 0.6) is 0 Å². The zero-order valence-electron chi connectivity index (χ0n) is 10.6. The van der Waals surface area contributed by atoms with Crippen LogP contribution in [0.4, 0.5) is 5.69 Å². The second kappa shape index (κ2) is 4.51. The maximum absolute atomic E-state index is 12.1. The molecule has 0 saturated carbocycles. The lowest BCUT2D eigenvalue weighted by atomic mass is 10.1. The van der Waals surface area contributed by atoms with Crippen molar-refractivity contribution >= 4 is 39.1 Å². The Morgan fingerprint density at radius 3 is 2.68 bits per heavy atom. The quantitative estimate of drug-likeness (QED) is 0.773. The van der Waals surface area contributed by atoms with Gasteiger partial charge in [-0.25, -0.2) is 4.98 Å². The molecular weight excluding hydrogens is 264 g/mol. The van der Waals surface area contributed by atoms with Crippen molar-refractivity contribution in [1.29, 1.82) is 0 Å². The summed E-state index contributed by atoms with van der Waals surface area (Å²) in [6.45, 7) is 3.07. The normalized spacial score (nSPS) is 11.5. The summed E-state index contributed by atoms with van der Waals surface area (Å²) in [6.07, 6.45) is 1.63. The molecule has 0 atom stereocenters. The van der Waals surface area contributed by atoms with Crippen LogP contribution in [0.2, 0.25) is 0 Å². The number of thiophene rings is 1. The van der Waals surface area contributed by atoms with Gasteiger partial charge in [-0.1, -0.05) is 0 Å². The monoisotopic (exact) mass is 278 g/mol. The summed E-state index contributed by atoms with van der Waals surface area (Å²) in [5.74, 6) is -1.04. The first kappa shape index (κ1) is 13.3. The molecule has 0 aliphatic heterocycles. The molecule has 6 nitrogen and oxygen atoms in total. The molecule has 0 radical (unpaired) electrons. The highest BCUT2D eigenvalue weighted by Crippen LogP contribution is 2.32. The van der Waals surface area contributed by atoms with Crippen LogP contribution >= 0.6 is 11.3 Å². The lowest BCUT2D eigenvalue weighted by molar-refractivity contribution is -0.122. The number of amides is 2. The summed E-state index contributed by atoms with van der Waals surface area (Å²) in [5.41, 5.74) is 10.4. The van der Waals surface area contributed by atoms with E-state index in [2.05, 4.69) is 10.3 Å². The minimum absolute atomic E-state index is 0.336. The van der Waals surface area contributed by atoms with E-state index in [-0.39, 0.29) is 0 Å². The molecule has 2 heterocycles. The zero-order chi connectivity index (χ0) is 14.2. The van der Waals surface area contributed by atoms with Crippen LogP contribution in [0, 0.1) is 0 Å². The number of hydrogen-bond acceptors (Lipinski definition) is 5.